The highest BCUT2D eigenvalue weighted by molar-refractivity contribution is 7.98. The summed E-state index contributed by atoms with van der Waals surface area (Å²) in [4.78, 5) is 14.3. The lowest BCUT2D eigenvalue weighted by atomic mass is 9.88. The van der Waals surface area contributed by atoms with Crippen LogP contribution in [-0.2, 0) is 26.1 Å². The first-order valence-corrected chi connectivity index (χ1v) is 17.1. The van der Waals surface area contributed by atoms with Crippen molar-refractivity contribution in [2.45, 2.75) is 61.4 Å². The van der Waals surface area contributed by atoms with E-state index in [0.717, 1.165) is 31.2 Å². The van der Waals surface area contributed by atoms with E-state index in [4.69, 9.17) is 9.47 Å². The van der Waals surface area contributed by atoms with Crippen molar-refractivity contribution in [3.05, 3.63) is 84.4 Å². The molecule has 0 amide bonds. The number of sulfonamides is 1. The van der Waals surface area contributed by atoms with Gasteiger partial charge >= 0.3 is 5.97 Å². The zero-order chi connectivity index (χ0) is 31.9. The van der Waals surface area contributed by atoms with E-state index in [-0.39, 0.29) is 17.2 Å². The summed E-state index contributed by atoms with van der Waals surface area (Å²) >= 11 is 1.32. The van der Waals surface area contributed by atoms with Crippen LogP contribution in [0.3, 0.4) is 0 Å². The zero-order valence-electron chi connectivity index (χ0n) is 25.7. The third-order valence-electron chi connectivity index (χ3n) is 7.96. The van der Waals surface area contributed by atoms with E-state index in [0.29, 0.717) is 42.0 Å². The number of thioether (sulfide) groups is 1. The molecule has 0 N–H and O–H groups in total. The van der Waals surface area contributed by atoms with Gasteiger partial charge in [0.1, 0.15) is 22.7 Å². The fourth-order valence-electron chi connectivity index (χ4n) is 5.45. The standard InChI is InChI=1S/C33H39FN2O6S2/c1-6-8-18-33(7-2)23-35(25-12-10-9-11-13-25)28-19-30(43-5)29(42-22-27(34)32(37)41-4)20-31(28)44(38,39)36(33)21-24-14-16-26(40-3)17-15-24/h9-17,19-20,22H,6-8,18,21,23H2,1-5H3/b27-22-. The first-order valence-electron chi connectivity index (χ1n) is 14.4. The van der Waals surface area contributed by atoms with Gasteiger partial charge in [-0.25, -0.2) is 13.2 Å². The number of ether oxygens (including phenoxy) is 3. The fourth-order valence-corrected chi connectivity index (χ4v) is 8.03. The number of carbonyl (C=O) groups excluding carboxylic acids is 1. The minimum Gasteiger partial charge on any atom is -0.497 e. The molecule has 0 aromatic heterocycles. The van der Waals surface area contributed by atoms with Gasteiger partial charge in [0.15, 0.2) is 0 Å². The number of fused-ring (bicyclic) bond motifs is 1. The summed E-state index contributed by atoms with van der Waals surface area (Å²) in [6, 6.07) is 20.3. The lowest BCUT2D eigenvalue weighted by Crippen LogP contribution is -2.54. The quantitative estimate of drug-likeness (QED) is 0.0871. The number of halogens is 1. The Morgan fingerprint density at radius 3 is 2.36 bits per heavy atom. The molecule has 44 heavy (non-hydrogen) atoms. The molecule has 0 saturated carbocycles. The van der Waals surface area contributed by atoms with E-state index < -0.39 is 27.4 Å². The van der Waals surface area contributed by atoms with E-state index in [1.54, 1.807) is 17.5 Å². The molecular weight excluding hydrogens is 604 g/mol. The first kappa shape index (κ1) is 33.4. The average molecular weight is 643 g/mol. The summed E-state index contributed by atoms with van der Waals surface area (Å²) in [5, 5.41) is 0. The number of carbonyl (C=O) groups is 1. The molecule has 1 unspecified atom stereocenters. The molecule has 0 saturated heterocycles. The molecule has 1 atom stereocenters. The molecular formula is C33H39FN2O6S2. The number of anilines is 2. The number of methoxy groups -OCH3 is 2. The molecule has 1 aliphatic heterocycles. The number of unbranched alkanes of at least 4 members (excludes halogenated alkanes) is 1. The van der Waals surface area contributed by atoms with Gasteiger partial charge in [-0.05, 0) is 55.0 Å². The molecule has 11 heteroatoms. The van der Waals surface area contributed by atoms with E-state index in [1.165, 1.54) is 17.8 Å². The molecule has 4 rings (SSSR count). The lowest BCUT2D eigenvalue weighted by molar-refractivity contribution is -0.137. The summed E-state index contributed by atoms with van der Waals surface area (Å²) in [7, 11) is -1.52. The van der Waals surface area contributed by atoms with Crippen molar-refractivity contribution in [3.63, 3.8) is 0 Å². The Labute approximate surface area is 263 Å². The Balaban J connectivity index is 1.98. The number of benzene rings is 3. The number of nitrogens with zero attached hydrogens (tertiary/aromatic N) is 2. The molecule has 0 bridgehead atoms. The highest BCUT2D eigenvalue weighted by Gasteiger charge is 2.48. The van der Waals surface area contributed by atoms with Crippen molar-refractivity contribution in [1.82, 2.24) is 4.31 Å². The first-order chi connectivity index (χ1) is 21.1. The predicted octanol–water partition coefficient (Wildman–Crippen LogP) is 7.46. The van der Waals surface area contributed by atoms with Crippen molar-refractivity contribution in [1.29, 1.82) is 0 Å². The molecule has 236 valence electrons. The third-order valence-corrected chi connectivity index (χ3v) is 10.7. The predicted molar refractivity (Wildman–Crippen MR) is 172 cm³/mol. The normalized spacial score (nSPS) is 18.3. The van der Waals surface area contributed by atoms with Crippen LogP contribution in [0.5, 0.6) is 11.5 Å². The monoisotopic (exact) mass is 642 g/mol. The SMILES string of the molecule is CCCCC1(CC)CN(c2ccccc2)c2cc(SC)c(O/C=C(\F)C(=O)OC)cc2S(=O)(=O)N1Cc1ccc(OC)cc1. The second-order valence-electron chi connectivity index (χ2n) is 10.5. The van der Waals surface area contributed by atoms with Crippen molar-refractivity contribution >= 4 is 39.1 Å². The van der Waals surface area contributed by atoms with E-state index in [1.807, 2.05) is 67.8 Å². The van der Waals surface area contributed by atoms with Gasteiger partial charge in [-0.1, -0.05) is 57.0 Å². The summed E-state index contributed by atoms with van der Waals surface area (Å²) in [6.45, 7) is 4.69. The van der Waals surface area contributed by atoms with Gasteiger partial charge in [-0.15, -0.1) is 11.8 Å². The fraction of sp³-hybridized carbons (Fsp3) is 0.364. The number of rotatable bonds is 12. The molecule has 3 aromatic carbocycles. The van der Waals surface area contributed by atoms with Crippen molar-refractivity contribution < 1.29 is 31.8 Å². The molecule has 0 radical (unpaired) electrons. The van der Waals surface area contributed by atoms with Crippen LogP contribution < -0.4 is 14.4 Å². The Hall–Kier alpha value is -3.54. The summed E-state index contributed by atoms with van der Waals surface area (Å²) in [6.07, 6.45) is 5.43. The maximum absolute atomic E-state index is 15.0. The highest BCUT2D eigenvalue weighted by atomic mass is 32.2. The maximum atomic E-state index is 15.0. The van der Waals surface area contributed by atoms with Crippen LogP contribution in [0, 0.1) is 0 Å². The van der Waals surface area contributed by atoms with Crippen LogP contribution in [0.1, 0.15) is 45.1 Å². The lowest BCUT2D eigenvalue weighted by Gasteiger charge is -2.43. The summed E-state index contributed by atoms with van der Waals surface area (Å²) < 4.78 is 61.2. The van der Waals surface area contributed by atoms with E-state index >= 15 is 0 Å². The van der Waals surface area contributed by atoms with Crippen LogP contribution in [0.4, 0.5) is 15.8 Å². The Morgan fingerprint density at radius 1 is 1.07 bits per heavy atom. The smallest absolute Gasteiger partial charge is 0.370 e. The van der Waals surface area contributed by atoms with Crippen LogP contribution in [-0.4, -0.2) is 51.3 Å². The third kappa shape index (κ3) is 6.90. The molecule has 1 heterocycles. The minimum absolute atomic E-state index is 0.0290. The van der Waals surface area contributed by atoms with Gasteiger partial charge < -0.3 is 19.1 Å². The molecule has 0 spiro atoms. The maximum Gasteiger partial charge on any atom is 0.370 e. The largest absolute Gasteiger partial charge is 0.497 e. The van der Waals surface area contributed by atoms with Gasteiger partial charge in [0, 0.05) is 24.8 Å². The Morgan fingerprint density at radius 2 is 1.77 bits per heavy atom. The average Bonchev–Trinajstić information content (AvgIpc) is 3.13. The highest BCUT2D eigenvalue weighted by Crippen LogP contribution is 2.47. The van der Waals surface area contributed by atoms with Crippen LogP contribution in [0.25, 0.3) is 0 Å². The Bertz CT molecular complexity index is 1580. The van der Waals surface area contributed by atoms with Crippen molar-refractivity contribution in [3.8, 4) is 11.5 Å². The Kier molecular flexibility index (Phi) is 11.0. The van der Waals surface area contributed by atoms with Crippen LogP contribution in [0.2, 0.25) is 0 Å². The minimum atomic E-state index is -4.17. The number of hydrogen-bond donors (Lipinski definition) is 0. The second kappa shape index (κ2) is 14.5. The topological polar surface area (TPSA) is 85.4 Å². The van der Waals surface area contributed by atoms with E-state index in [9.17, 15) is 17.6 Å². The van der Waals surface area contributed by atoms with Gasteiger partial charge in [0.05, 0.1) is 30.3 Å². The number of hydrogen-bond acceptors (Lipinski definition) is 8. The van der Waals surface area contributed by atoms with Crippen LogP contribution >= 0.6 is 11.8 Å². The van der Waals surface area contributed by atoms with E-state index in [2.05, 4.69) is 16.6 Å². The number of para-hydroxylation sites is 1. The molecule has 3 aromatic rings. The molecule has 0 aliphatic carbocycles. The zero-order valence-corrected chi connectivity index (χ0v) is 27.3. The van der Waals surface area contributed by atoms with Crippen LogP contribution in [0.15, 0.2) is 88.6 Å². The summed E-state index contributed by atoms with van der Waals surface area (Å²) in [5.41, 5.74) is 1.40. The van der Waals surface area contributed by atoms with Crippen molar-refractivity contribution in [2.75, 3.05) is 31.9 Å². The van der Waals surface area contributed by atoms with Gasteiger partial charge in [0.25, 0.3) is 0 Å². The van der Waals surface area contributed by atoms with Gasteiger partial charge in [0.2, 0.25) is 15.9 Å². The number of esters is 1. The second-order valence-corrected chi connectivity index (χ2v) is 13.2. The van der Waals surface area contributed by atoms with Crippen molar-refractivity contribution in [2.24, 2.45) is 0 Å². The van der Waals surface area contributed by atoms with Gasteiger partial charge in [-0.2, -0.15) is 8.70 Å². The molecule has 1 aliphatic rings. The van der Waals surface area contributed by atoms with Gasteiger partial charge in [-0.3, -0.25) is 0 Å². The molecule has 8 nitrogen and oxygen atoms in total. The summed E-state index contributed by atoms with van der Waals surface area (Å²) in [5.74, 6) is -1.65. The molecule has 0 fully saturated rings.